The molecule has 0 aliphatic heterocycles. The van der Waals surface area contributed by atoms with Gasteiger partial charge in [-0.1, -0.05) is 137 Å². The fourth-order valence-electron chi connectivity index (χ4n) is 4.21. The van der Waals surface area contributed by atoms with Crippen LogP contribution in [0.3, 0.4) is 0 Å². The zero-order valence-electron chi connectivity index (χ0n) is 28.5. The average Bonchev–Trinajstić information content (AvgIpc) is 3.39. The number of allylic oxidation sites excluding steroid dienone is 3. The number of benzene rings is 2. The number of Topliss-reactive ketones (excluding diaryl/α,β-unsaturated/α-hetero) is 2. The van der Waals surface area contributed by atoms with Gasteiger partial charge in [0.1, 0.15) is 0 Å². The molecule has 2 aliphatic rings. The van der Waals surface area contributed by atoms with Crippen LogP contribution in [0.25, 0.3) is 5.57 Å². The lowest BCUT2D eigenvalue weighted by atomic mass is 9.84. The van der Waals surface area contributed by atoms with E-state index in [-0.39, 0.29) is 29.9 Å². The van der Waals surface area contributed by atoms with Crippen LogP contribution >= 0.6 is 0 Å². The summed E-state index contributed by atoms with van der Waals surface area (Å²) in [7, 11) is 0. The van der Waals surface area contributed by atoms with Crippen molar-refractivity contribution in [1.29, 1.82) is 0 Å². The summed E-state index contributed by atoms with van der Waals surface area (Å²) in [6.07, 6.45) is 6.03. The molecule has 4 rings (SSSR count). The molecule has 42 heavy (non-hydrogen) atoms. The van der Waals surface area contributed by atoms with Gasteiger partial charge in [0, 0.05) is 34.7 Å². The van der Waals surface area contributed by atoms with Gasteiger partial charge in [-0.25, -0.2) is 0 Å². The van der Waals surface area contributed by atoms with E-state index in [0.29, 0.717) is 27.7 Å². The highest BCUT2D eigenvalue weighted by Gasteiger charge is 2.29. The van der Waals surface area contributed by atoms with Gasteiger partial charge in [-0.2, -0.15) is 0 Å². The Kier molecular flexibility index (Phi) is 18.2. The quantitative estimate of drug-likeness (QED) is 0.373. The Morgan fingerprint density at radius 2 is 1.29 bits per heavy atom. The lowest BCUT2D eigenvalue weighted by Gasteiger charge is -2.20. The maximum Gasteiger partial charge on any atom is 0.223 e. The molecule has 0 saturated carbocycles. The first-order valence-corrected chi connectivity index (χ1v) is 15.8. The van der Waals surface area contributed by atoms with E-state index in [9.17, 15) is 14.4 Å². The highest BCUT2D eigenvalue weighted by molar-refractivity contribution is 6.26. The van der Waals surface area contributed by atoms with Crippen molar-refractivity contribution >= 4 is 23.0 Å². The van der Waals surface area contributed by atoms with E-state index in [0.717, 1.165) is 19.3 Å². The second-order valence-electron chi connectivity index (χ2n) is 11.8. The lowest BCUT2D eigenvalue weighted by molar-refractivity contribution is -0.124. The molecule has 0 spiro atoms. The second kappa shape index (κ2) is 19.8. The summed E-state index contributed by atoms with van der Waals surface area (Å²) in [6, 6.07) is 15.2. The molecule has 232 valence electrons. The highest BCUT2D eigenvalue weighted by atomic mass is 16.2. The molecule has 0 radical (unpaired) electrons. The van der Waals surface area contributed by atoms with Crippen LogP contribution in [0.1, 0.15) is 134 Å². The van der Waals surface area contributed by atoms with Gasteiger partial charge in [0.05, 0.1) is 0 Å². The van der Waals surface area contributed by atoms with Gasteiger partial charge in [0.25, 0.3) is 0 Å². The Balaban J connectivity index is 0.00000121. The predicted octanol–water partition coefficient (Wildman–Crippen LogP) is 10.1. The van der Waals surface area contributed by atoms with Gasteiger partial charge in [-0.15, -0.1) is 0 Å². The minimum atomic E-state index is -0.179. The molecule has 0 bridgehead atoms. The molecule has 1 N–H and O–H groups in total. The number of hydrogen-bond acceptors (Lipinski definition) is 3. The summed E-state index contributed by atoms with van der Waals surface area (Å²) in [6.45, 7) is 24.6. The van der Waals surface area contributed by atoms with Crippen molar-refractivity contribution in [3.63, 3.8) is 0 Å². The van der Waals surface area contributed by atoms with Crippen molar-refractivity contribution in [3.8, 4) is 0 Å². The van der Waals surface area contributed by atoms with Crippen molar-refractivity contribution in [2.45, 2.75) is 109 Å². The smallest absolute Gasteiger partial charge is 0.223 e. The van der Waals surface area contributed by atoms with E-state index in [1.165, 1.54) is 23.1 Å². The first-order chi connectivity index (χ1) is 19.9. The summed E-state index contributed by atoms with van der Waals surface area (Å²) in [4.78, 5) is 38.0. The SMILES string of the molecule is CC.CC.CC(C)(C)C.CC1=C(CNC(=O)C(C)CCC2=CCc3ccccc32)C(=O)c2ccccc2C1=O.CCC. The van der Waals surface area contributed by atoms with Crippen LogP contribution in [0.4, 0.5) is 0 Å². The van der Waals surface area contributed by atoms with Crippen LogP contribution in [0.15, 0.2) is 65.8 Å². The van der Waals surface area contributed by atoms with E-state index < -0.39 is 0 Å². The number of amides is 1. The zero-order valence-corrected chi connectivity index (χ0v) is 28.5. The topological polar surface area (TPSA) is 63.2 Å². The molecule has 1 atom stereocenters. The summed E-state index contributed by atoms with van der Waals surface area (Å²) in [5, 5.41) is 2.87. The Hall–Kier alpha value is -3.27. The fraction of sp³-hybridized carbons (Fsp3) is 0.500. The van der Waals surface area contributed by atoms with Crippen LogP contribution in [0.5, 0.6) is 0 Å². The minimum Gasteiger partial charge on any atom is -0.352 e. The molecule has 1 amide bonds. The third kappa shape index (κ3) is 12.3. The molecule has 2 aromatic carbocycles. The number of carbonyl (C=O) groups is 3. The molecule has 4 nitrogen and oxygen atoms in total. The highest BCUT2D eigenvalue weighted by Crippen LogP contribution is 2.31. The van der Waals surface area contributed by atoms with Gasteiger partial charge in [-0.3, -0.25) is 14.4 Å². The summed E-state index contributed by atoms with van der Waals surface area (Å²) in [5.41, 5.74) is 6.08. The maximum atomic E-state index is 12.8. The third-order valence-electron chi connectivity index (χ3n) is 6.15. The molecule has 2 aromatic rings. The molecule has 0 saturated heterocycles. The van der Waals surface area contributed by atoms with Crippen LogP contribution in [-0.2, 0) is 11.2 Å². The number of rotatable bonds is 6. The van der Waals surface area contributed by atoms with Crippen LogP contribution in [-0.4, -0.2) is 24.0 Å². The number of hydrogen-bond donors (Lipinski definition) is 1. The van der Waals surface area contributed by atoms with Crippen LogP contribution in [0, 0.1) is 11.3 Å². The molecule has 2 aliphatic carbocycles. The maximum absolute atomic E-state index is 12.8. The van der Waals surface area contributed by atoms with E-state index in [1.54, 1.807) is 31.2 Å². The van der Waals surface area contributed by atoms with E-state index in [1.807, 2.05) is 40.7 Å². The largest absolute Gasteiger partial charge is 0.352 e. The van der Waals surface area contributed by atoms with E-state index in [4.69, 9.17) is 0 Å². The number of ketones is 2. The summed E-state index contributed by atoms with van der Waals surface area (Å²) < 4.78 is 0. The van der Waals surface area contributed by atoms with Crippen LogP contribution in [0.2, 0.25) is 0 Å². The number of carbonyl (C=O) groups excluding carboxylic acids is 3. The van der Waals surface area contributed by atoms with E-state index in [2.05, 4.69) is 71.1 Å². The monoisotopic (exact) mass is 575 g/mol. The van der Waals surface area contributed by atoms with Gasteiger partial charge in [0.15, 0.2) is 11.6 Å². The third-order valence-corrected chi connectivity index (χ3v) is 6.15. The van der Waals surface area contributed by atoms with Gasteiger partial charge in [-0.05, 0) is 48.3 Å². The van der Waals surface area contributed by atoms with Crippen molar-refractivity contribution < 1.29 is 14.4 Å². The summed E-state index contributed by atoms with van der Waals surface area (Å²) >= 11 is 0. The Bertz CT molecular complexity index is 1200. The molecule has 4 heteroatoms. The standard InChI is InChI=1S/C26H25NO3.C5H12.C3H8.2C2H6/c1-16(11-12-19-14-13-18-7-3-4-8-20(18)19)26(30)27-15-23-17(2)24(28)21-9-5-6-10-22(21)25(23)29;1-5(2,3)4;1-3-2;2*1-2/h3-10,14,16H,11-13,15H2,1-2H3,(H,27,30);1-4H3;3H2,1-2H3;2*1-2H3. The minimum absolute atomic E-state index is 0.0828. The Labute approximate surface area is 257 Å². The normalized spacial score (nSPS) is 13.7. The van der Waals surface area contributed by atoms with Crippen molar-refractivity contribution in [1.82, 2.24) is 5.32 Å². The molecule has 0 fully saturated rings. The van der Waals surface area contributed by atoms with E-state index >= 15 is 0 Å². The second-order valence-corrected chi connectivity index (χ2v) is 11.8. The lowest BCUT2D eigenvalue weighted by Crippen LogP contribution is -2.34. The predicted molar refractivity (Wildman–Crippen MR) is 181 cm³/mol. The number of fused-ring (bicyclic) bond motifs is 2. The Morgan fingerprint density at radius 3 is 1.81 bits per heavy atom. The first kappa shape index (κ1) is 38.7. The average molecular weight is 576 g/mol. The van der Waals surface area contributed by atoms with Gasteiger partial charge < -0.3 is 5.32 Å². The Morgan fingerprint density at radius 1 is 0.833 bits per heavy atom. The molecule has 0 aromatic heterocycles. The van der Waals surface area contributed by atoms with Gasteiger partial charge in [0.2, 0.25) is 5.91 Å². The molecule has 1 unspecified atom stereocenters. The fourth-order valence-corrected chi connectivity index (χ4v) is 4.21. The van der Waals surface area contributed by atoms with Crippen molar-refractivity contribution in [3.05, 3.63) is 88.0 Å². The van der Waals surface area contributed by atoms with Crippen LogP contribution < -0.4 is 5.32 Å². The zero-order chi connectivity index (χ0) is 32.5. The molecular weight excluding hydrogens is 518 g/mol. The van der Waals surface area contributed by atoms with Gasteiger partial charge >= 0.3 is 0 Å². The van der Waals surface area contributed by atoms with Crippen molar-refractivity contribution in [2.24, 2.45) is 11.3 Å². The number of nitrogens with one attached hydrogen (secondary N) is 1. The first-order valence-electron chi connectivity index (χ1n) is 15.8. The van der Waals surface area contributed by atoms with Crippen molar-refractivity contribution in [2.75, 3.05) is 6.54 Å². The summed E-state index contributed by atoms with van der Waals surface area (Å²) in [5.74, 6) is -0.597. The molecule has 0 heterocycles. The molecular formula is C38H57NO3.